The van der Waals surface area contributed by atoms with Crippen LogP contribution in [0.15, 0.2) is 24.3 Å². The predicted molar refractivity (Wildman–Crippen MR) is 94.4 cm³/mol. The third-order valence-electron chi connectivity index (χ3n) is 4.09. The third kappa shape index (κ3) is 5.63. The molecule has 3 amide bonds. The number of nitrogens with two attached hydrogens (primary N) is 1. The zero-order valence-corrected chi connectivity index (χ0v) is 15.0. The number of aryl methyl sites for hydroxylation is 1. The lowest BCUT2D eigenvalue weighted by atomic mass is 10.2. The molecule has 7 nitrogen and oxygen atoms in total. The maximum atomic E-state index is 12.4. The summed E-state index contributed by atoms with van der Waals surface area (Å²) in [5, 5.41) is 2.87. The lowest BCUT2D eigenvalue weighted by Crippen LogP contribution is -2.56. The summed E-state index contributed by atoms with van der Waals surface area (Å²) in [6.45, 7) is 6.80. The van der Waals surface area contributed by atoms with Gasteiger partial charge in [0.1, 0.15) is 11.9 Å². The first-order chi connectivity index (χ1) is 11.9. The molecule has 0 bridgehead atoms. The highest BCUT2D eigenvalue weighted by Crippen LogP contribution is 2.15. The Labute approximate surface area is 148 Å². The van der Waals surface area contributed by atoms with Crippen LogP contribution in [0.25, 0.3) is 0 Å². The van der Waals surface area contributed by atoms with E-state index in [9.17, 15) is 9.59 Å². The summed E-state index contributed by atoms with van der Waals surface area (Å²) >= 11 is 0. The molecule has 1 aromatic carbocycles. The Morgan fingerprint density at radius 2 is 2.20 bits per heavy atom. The molecule has 7 heteroatoms. The van der Waals surface area contributed by atoms with E-state index < -0.39 is 12.0 Å². The van der Waals surface area contributed by atoms with Crippen molar-refractivity contribution in [3.63, 3.8) is 0 Å². The van der Waals surface area contributed by atoms with Crippen molar-refractivity contribution in [3.05, 3.63) is 29.8 Å². The average molecular weight is 349 g/mol. The van der Waals surface area contributed by atoms with Gasteiger partial charge in [0.15, 0.2) is 6.10 Å². The Hall–Kier alpha value is -2.28. The number of hydrogen-bond donors (Lipinski definition) is 2. The maximum absolute atomic E-state index is 12.4. The van der Waals surface area contributed by atoms with E-state index in [-0.39, 0.29) is 24.8 Å². The van der Waals surface area contributed by atoms with Crippen molar-refractivity contribution < 1.29 is 19.1 Å². The highest BCUT2D eigenvalue weighted by Gasteiger charge is 2.31. The minimum atomic E-state index is -0.764. The van der Waals surface area contributed by atoms with E-state index >= 15 is 0 Å². The van der Waals surface area contributed by atoms with Gasteiger partial charge < -0.3 is 25.4 Å². The minimum Gasteiger partial charge on any atom is -0.489 e. The average Bonchev–Trinajstić information content (AvgIpc) is 2.57. The Morgan fingerprint density at radius 3 is 2.84 bits per heavy atom. The molecule has 1 fully saturated rings. The van der Waals surface area contributed by atoms with E-state index in [4.69, 9.17) is 15.2 Å². The van der Waals surface area contributed by atoms with Crippen molar-refractivity contribution in [1.82, 2.24) is 10.2 Å². The summed E-state index contributed by atoms with van der Waals surface area (Å²) in [5.74, 6) is 0.230. The first-order valence-electron chi connectivity index (χ1n) is 8.60. The summed E-state index contributed by atoms with van der Waals surface area (Å²) in [6.07, 6.45) is -0.365. The van der Waals surface area contributed by atoms with Gasteiger partial charge in [-0.1, -0.05) is 19.1 Å². The molecule has 0 aliphatic carbocycles. The Balaban J connectivity index is 1.87. The molecule has 0 aromatic heterocycles. The second kappa shape index (κ2) is 8.71. The van der Waals surface area contributed by atoms with Gasteiger partial charge in [-0.25, -0.2) is 4.79 Å². The number of benzene rings is 1. The fraction of sp³-hybridized carbons (Fsp3) is 0.556. The molecule has 0 spiro atoms. The molecule has 1 saturated heterocycles. The van der Waals surface area contributed by atoms with Gasteiger partial charge in [-0.3, -0.25) is 4.79 Å². The Kier molecular flexibility index (Phi) is 6.64. The molecule has 3 atom stereocenters. The number of primary amides is 1. The molecule has 3 N–H and O–H groups in total. The van der Waals surface area contributed by atoms with Gasteiger partial charge in [-0.2, -0.15) is 0 Å². The van der Waals surface area contributed by atoms with Crippen LogP contribution in [0, 0.1) is 6.92 Å². The molecule has 1 aliphatic rings. The number of carbonyl (C=O) groups is 2. The molecule has 0 radical (unpaired) electrons. The van der Waals surface area contributed by atoms with E-state index in [0.717, 1.165) is 17.7 Å². The van der Waals surface area contributed by atoms with Crippen LogP contribution in [0.5, 0.6) is 5.75 Å². The standard InChI is InChI=1S/C18H27N3O4/c1-4-14(25-15-7-5-6-12(2)8-15)9-20-18(23)21-10-13(3)24-16(11-21)17(19)22/h5-8,13-14,16H,4,9-11H2,1-3H3,(H2,19,22)(H,20,23)/t13-,14?,16?/m1/s1. The fourth-order valence-electron chi connectivity index (χ4n) is 2.74. The summed E-state index contributed by atoms with van der Waals surface area (Å²) < 4.78 is 11.4. The van der Waals surface area contributed by atoms with E-state index in [0.29, 0.717) is 13.1 Å². The van der Waals surface area contributed by atoms with Crippen molar-refractivity contribution in [2.45, 2.75) is 45.5 Å². The molecule has 1 heterocycles. The topological polar surface area (TPSA) is 93.9 Å². The molecule has 1 aliphatic heterocycles. The Bertz CT molecular complexity index is 608. The van der Waals surface area contributed by atoms with E-state index in [2.05, 4.69) is 5.32 Å². The van der Waals surface area contributed by atoms with Crippen LogP contribution in [0.1, 0.15) is 25.8 Å². The first-order valence-corrected chi connectivity index (χ1v) is 8.60. The number of carbonyl (C=O) groups excluding carboxylic acids is 2. The minimum absolute atomic E-state index is 0.129. The van der Waals surface area contributed by atoms with E-state index in [1.165, 1.54) is 0 Å². The highest BCUT2D eigenvalue weighted by atomic mass is 16.5. The number of rotatable bonds is 6. The monoisotopic (exact) mass is 349 g/mol. The quantitative estimate of drug-likeness (QED) is 0.812. The van der Waals surface area contributed by atoms with Crippen LogP contribution in [0.4, 0.5) is 4.79 Å². The summed E-state index contributed by atoms with van der Waals surface area (Å²) in [7, 11) is 0. The molecule has 0 saturated carbocycles. The van der Waals surface area contributed by atoms with Crippen LogP contribution in [0.2, 0.25) is 0 Å². The predicted octanol–water partition coefficient (Wildman–Crippen LogP) is 1.44. The summed E-state index contributed by atoms with van der Waals surface area (Å²) in [4.78, 5) is 25.3. The molecule has 25 heavy (non-hydrogen) atoms. The molecule has 1 aromatic rings. The van der Waals surface area contributed by atoms with E-state index in [1.807, 2.05) is 45.0 Å². The van der Waals surface area contributed by atoms with Crippen molar-refractivity contribution >= 4 is 11.9 Å². The van der Waals surface area contributed by atoms with Crippen molar-refractivity contribution in [2.24, 2.45) is 5.73 Å². The smallest absolute Gasteiger partial charge is 0.317 e. The number of ether oxygens (including phenoxy) is 2. The maximum Gasteiger partial charge on any atom is 0.317 e. The molecular weight excluding hydrogens is 322 g/mol. The Morgan fingerprint density at radius 1 is 1.44 bits per heavy atom. The second-order valence-corrected chi connectivity index (χ2v) is 6.39. The molecule has 2 rings (SSSR count). The van der Waals surface area contributed by atoms with E-state index in [1.54, 1.807) is 4.90 Å². The fourth-order valence-corrected chi connectivity index (χ4v) is 2.74. The van der Waals surface area contributed by atoms with Gasteiger partial charge in [0.25, 0.3) is 0 Å². The van der Waals surface area contributed by atoms with Crippen molar-refractivity contribution in [1.29, 1.82) is 0 Å². The number of nitrogens with zero attached hydrogens (tertiary/aromatic N) is 1. The molecule has 2 unspecified atom stereocenters. The summed E-state index contributed by atoms with van der Waals surface area (Å²) in [5.41, 5.74) is 6.41. The van der Waals surface area contributed by atoms with Gasteiger partial charge in [0.05, 0.1) is 19.2 Å². The normalized spacial score (nSPS) is 21.5. The van der Waals surface area contributed by atoms with Gasteiger partial charge in [0.2, 0.25) is 5.91 Å². The third-order valence-corrected chi connectivity index (χ3v) is 4.09. The largest absolute Gasteiger partial charge is 0.489 e. The van der Waals surface area contributed by atoms with Gasteiger partial charge in [0, 0.05) is 6.54 Å². The zero-order valence-electron chi connectivity index (χ0n) is 15.0. The van der Waals surface area contributed by atoms with Gasteiger partial charge in [-0.05, 0) is 38.0 Å². The van der Waals surface area contributed by atoms with Crippen molar-refractivity contribution in [3.8, 4) is 5.75 Å². The number of morpholine rings is 1. The zero-order chi connectivity index (χ0) is 18.4. The van der Waals surface area contributed by atoms with Crippen molar-refractivity contribution in [2.75, 3.05) is 19.6 Å². The van der Waals surface area contributed by atoms with Crippen LogP contribution < -0.4 is 15.8 Å². The number of nitrogens with one attached hydrogen (secondary N) is 1. The second-order valence-electron chi connectivity index (χ2n) is 6.39. The highest BCUT2D eigenvalue weighted by molar-refractivity contribution is 5.81. The number of hydrogen-bond acceptors (Lipinski definition) is 4. The van der Waals surface area contributed by atoms with Gasteiger partial charge >= 0.3 is 6.03 Å². The SMILES string of the molecule is CCC(CNC(=O)N1CC(C(N)=O)O[C@H](C)C1)Oc1cccc(C)c1. The van der Waals surface area contributed by atoms with Crippen LogP contribution >= 0.6 is 0 Å². The molecular formula is C18H27N3O4. The van der Waals surface area contributed by atoms with Crippen LogP contribution in [-0.2, 0) is 9.53 Å². The van der Waals surface area contributed by atoms with Crippen LogP contribution in [-0.4, -0.2) is 54.8 Å². The lowest BCUT2D eigenvalue weighted by molar-refractivity contribution is -0.139. The first kappa shape index (κ1) is 19.1. The van der Waals surface area contributed by atoms with Gasteiger partial charge in [-0.15, -0.1) is 0 Å². The van der Waals surface area contributed by atoms with Crippen LogP contribution in [0.3, 0.4) is 0 Å². The number of amides is 3. The lowest BCUT2D eigenvalue weighted by Gasteiger charge is -2.35. The number of urea groups is 1. The summed E-state index contributed by atoms with van der Waals surface area (Å²) in [6, 6.07) is 7.57. The molecule has 138 valence electrons.